The Kier molecular flexibility index (Phi) is 5.60. The third-order valence-electron chi connectivity index (χ3n) is 4.75. The number of nitrogens with zero attached hydrogens (tertiary/aromatic N) is 2. The molecule has 0 fully saturated rings. The van der Waals surface area contributed by atoms with Crippen LogP contribution in [0.5, 0.6) is 0 Å². The molecule has 0 radical (unpaired) electrons. The molecule has 1 N–H and O–H groups in total. The molecule has 1 aliphatic rings. The summed E-state index contributed by atoms with van der Waals surface area (Å²) < 4.78 is 72.8. The summed E-state index contributed by atoms with van der Waals surface area (Å²) in [6.07, 6.45) is -3.07. The fourth-order valence-electron chi connectivity index (χ4n) is 3.17. The van der Waals surface area contributed by atoms with E-state index in [9.17, 15) is 26.7 Å². The maximum absolute atomic E-state index is 14.8. The molecule has 3 rings (SSSR count). The van der Waals surface area contributed by atoms with Gasteiger partial charge in [0, 0.05) is 12.7 Å². The Morgan fingerprint density at radius 3 is 2.37 bits per heavy atom. The Balaban J connectivity index is 2.12. The minimum absolute atomic E-state index is 0.0568. The Morgan fingerprint density at radius 1 is 1.17 bits per heavy atom. The minimum atomic E-state index is -4.91. The van der Waals surface area contributed by atoms with Crippen molar-refractivity contribution in [2.45, 2.75) is 25.2 Å². The van der Waals surface area contributed by atoms with Crippen molar-refractivity contribution < 1.29 is 31.5 Å². The van der Waals surface area contributed by atoms with Crippen molar-refractivity contribution >= 4 is 6.09 Å². The van der Waals surface area contributed by atoms with Gasteiger partial charge in [-0.25, -0.2) is 13.6 Å². The van der Waals surface area contributed by atoms with Crippen molar-refractivity contribution in [3.8, 4) is 0 Å². The molecule has 5 nitrogen and oxygen atoms in total. The number of nitrogens with one attached hydrogen (secondary N) is 1. The number of carbonyl (C=O) groups excluding carboxylic acids is 1. The lowest BCUT2D eigenvalue weighted by Gasteiger charge is -2.26. The predicted molar refractivity (Wildman–Crippen MR) is 96.6 cm³/mol. The third kappa shape index (κ3) is 3.89. The Hall–Kier alpha value is -3.30. The molecule has 1 heterocycles. The fourth-order valence-corrected chi connectivity index (χ4v) is 3.17. The molecule has 0 saturated heterocycles. The van der Waals surface area contributed by atoms with Crippen LogP contribution in [0.25, 0.3) is 0 Å². The van der Waals surface area contributed by atoms with Crippen molar-refractivity contribution in [3.63, 3.8) is 0 Å². The van der Waals surface area contributed by atoms with Crippen LogP contribution in [0.1, 0.15) is 27.8 Å². The fraction of sp³-hybridized carbons (Fsp3) is 0.250. The zero-order chi connectivity index (χ0) is 22.1. The number of benzene rings is 2. The molecule has 0 saturated carbocycles. The van der Waals surface area contributed by atoms with Gasteiger partial charge in [-0.2, -0.15) is 23.4 Å². The first kappa shape index (κ1) is 21.4. The van der Waals surface area contributed by atoms with Crippen molar-refractivity contribution in [2.24, 2.45) is 10.2 Å². The van der Waals surface area contributed by atoms with Gasteiger partial charge in [-0.3, -0.25) is 0 Å². The van der Waals surface area contributed by atoms with Crippen molar-refractivity contribution in [1.29, 1.82) is 0 Å². The summed E-state index contributed by atoms with van der Waals surface area (Å²) in [5, 5.41) is 10.1. The van der Waals surface area contributed by atoms with Crippen LogP contribution in [0.4, 0.5) is 26.7 Å². The highest BCUT2D eigenvalue weighted by Crippen LogP contribution is 2.43. The van der Waals surface area contributed by atoms with Gasteiger partial charge in [0.15, 0.2) is 5.54 Å². The van der Waals surface area contributed by atoms with Gasteiger partial charge in [0.05, 0.1) is 18.2 Å². The molecule has 1 amide bonds. The first-order valence-electron chi connectivity index (χ1n) is 8.67. The average molecular weight is 425 g/mol. The average Bonchev–Trinajstić information content (AvgIpc) is 3.16. The van der Waals surface area contributed by atoms with E-state index in [1.165, 1.54) is 19.4 Å². The topological polar surface area (TPSA) is 63.0 Å². The molecular formula is C20H16F5N3O2. The van der Waals surface area contributed by atoms with Crippen LogP contribution < -0.4 is 5.32 Å². The number of alkyl carbamates (subject to hydrolysis) is 1. The van der Waals surface area contributed by atoms with Gasteiger partial charge in [0.25, 0.3) is 0 Å². The second-order valence-corrected chi connectivity index (χ2v) is 6.60. The summed E-state index contributed by atoms with van der Waals surface area (Å²) in [5.41, 5.74) is -2.28. The normalized spacial score (nSPS) is 18.0. The number of rotatable bonds is 4. The summed E-state index contributed by atoms with van der Waals surface area (Å²) in [6, 6.07) is 5.21. The lowest BCUT2D eigenvalue weighted by molar-refractivity contribution is -0.138. The van der Waals surface area contributed by atoms with E-state index in [4.69, 9.17) is 0 Å². The number of ether oxygens (including phenoxy) is 1. The predicted octanol–water partition coefficient (Wildman–Crippen LogP) is 5.37. The zero-order valence-electron chi connectivity index (χ0n) is 15.8. The highest BCUT2D eigenvalue weighted by Gasteiger charge is 2.42. The second kappa shape index (κ2) is 7.85. The number of hydrogen-bond acceptors (Lipinski definition) is 4. The second-order valence-electron chi connectivity index (χ2n) is 6.60. The molecule has 0 bridgehead atoms. The largest absolute Gasteiger partial charge is 0.453 e. The van der Waals surface area contributed by atoms with Crippen molar-refractivity contribution in [1.82, 2.24) is 5.32 Å². The van der Waals surface area contributed by atoms with E-state index in [0.29, 0.717) is 5.56 Å². The standard InChI is InChI=1S/C20H16F5N3O2/c1-11-3-4-13(7-12(11)10-26-18(29)30-2)19(5-6-27-28-19)17-15(21)8-14(9-16(17)22)20(23,24)25/h3-9H,10H2,1-2H3,(H,26,29). The van der Waals surface area contributed by atoms with Gasteiger partial charge in [-0.15, -0.1) is 0 Å². The molecule has 0 spiro atoms. The van der Waals surface area contributed by atoms with Gasteiger partial charge in [0.1, 0.15) is 11.6 Å². The number of azo groups is 1. The summed E-state index contributed by atoms with van der Waals surface area (Å²) in [5.74, 6) is -2.80. The van der Waals surface area contributed by atoms with E-state index in [-0.39, 0.29) is 24.2 Å². The molecule has 1 aliphatic heterocycles. The van der Waals surface area contributed by atoms with Gasteiger partial charge in [-0.05, 0) is 41.8 Å². The Morgan fingerprint density at radius 2 is 1.83 bits per heavy atom. The Labute approximate surface area is 168 Å². The number of amides is 1. The van der Waals surface area contributed by atoms with Crippen LogP contribution in [0.15, 0.2) is 52.8 Å². The molecular weight excluding hydrogens is 409 g/mol. The number of alkyl halides is 3. The maximum Gasteiger partial charge on any atom is 0.416 e. The van der Waals surface area contributed by atoms with Crippen LogP contribution in [-0.2, 0) is 23.0 Å². The minimum Gasteiger partial charge on any atom is -0.453 e. The molecule has 10 heteroatoms. The number of carbonyl (C=O) groups is 1. The SMILES string of the molecule is COC(=O)NCc1cc(C2(c3c(F)cc(C(F)(F)F)cc3F)C=CN=N2)ccc1C. The van der Waals surface area contributed by atoms with E-state index >= 15 is 0 Å². The monoisotopic (exact) mass is 425 g/mol. The number of halogens is 5. The quantitative estimate of drug-likeness (QED) is 0.670. The van der Waals surface area contributed by atoms with Gasteiger partial charge in [-0.1, -0.05) is 18.2 Å². The zero-order valence-corrected chi connectivity index (χ0v) is 15.8. The summed E-state index contributed by atoms with van der Waals surface area (Å²) in [6.45, 7) is 1.82. The van der Waals surface area contributed by atoms with E-state index in [2.05, 4.69) is 20.3 Å². The summed E-state index contributed by atoms with van der Waals surface area (Å²) >= 11 is 0. The van der Waals surface area contributed by atoms with E-state index < -0.39 is 40.6 Å². The third-order valence-corrected chi connectivity index (χ3v) is 4.75. The number of methoxy groups -OCH3 is 1. The highest BCUT2D eigenvalue weighted by atomic mass is 19.4. The molecule has 158 valence electrons. The van der Waals surface area contributed by atoms with E-state index in [1.807, 2.05) is 0 Å². The van der Waals surface area contributed by atoms with Gasteiger partial charge >= 0.3 is 12.3 Å². The summed E-state index contributed by atoms with van der Waals surface area (Å²) in [7, 11) is 1.20. The molecule has 0 aromatic heterocycles. The van der Waals surface area contributed by atoms with Crippen LogP contribution in [0.3, 0.4) is 0 Å². The molecule has 2 aromatic rings. The molecule has 2 aromatic carbocycles. The van der Waals surface area contributed by atoms with E-state index in [0.717, 1.165) is 5.56 Å². The number of hydrogen-bond donors (Lipinski definition) is 1. The Bertz CT molecular complexity index is 1010. The lowest BCUT2D eigenvalue weighted by Crippen LogP contribution is -2.26. The van der Waals surface area contributed by atoms with E-state index in [1.54, 1.807) is 25.1 Å². The first-order valence-corrected chi connectivity index (χ1v) is 8.67. The first-order chi connectivity index (χ1) is 14.1. The van der Waals surface area contributed by atoms with Crippen LogP contribution in [0, 0.1) is 18.6 Å². The summed E-state index contributed by atoms with van der Waals surface area (Å²) in [4.78, 5) is 11.4. The van der Waals surface area contributed by atoms with Gasteiger partial charge in [0.2, 0.25) is 0 Å². The molecule has 1 atom stereocenters. The highest BCUT2D eigenvalue weighted by molar-refractivity contribution is 5.67. The molecule has 1 unspecified atom stereocenters. The lowest BCUT2D eigenvalue weighted by atomic mass is 9.81. The van der Waals surface area contributed by atoms with Crippen LogP contribution >= 0.6 is 0 Å². The van der Waals surface area contributed by atoms with Crippen LogP contribution in [0.2, 0.25) is 0 Å². The molecule has 0 aliphatic carbocycles. The van der Waals surface area contributed by atoms with Crippen molar-refractivity contribution in [2.75, 3.05) is 7.11 Å². The smallest absolute Gasteiger partial charge is 0.416 e. The van der Waals surface area contributed by atoms with Crippen molar-refractivity contribution in [3.05, 3.63) is 82.1 Å². The van der Waals surface area contributed by atoms with Crippen LogP contribution in [-0.4, -0.2) is 13.2 Å². The maximum atomic E-state index is 14.8. The van der Waals surface area contributed by atoms with Gasteiger partial charge < -0.3 is 10.1 Å². The molecule has 30 heavy (non-hydrogen) atoms. The number of aryl methyl sites for hydroxylation is 1.